The third-order valence-electron chi connectivity index (χ3n) is 4.61. The van der Waals surface area contributed by atoms with Crippen molar-refractivity contribution < 1.29 is 27.5 Å². The molecule has 1 N–H and O–H groups in total. The molecule has 0 fully saturated rings. The van der Waals surface area contributed by atoms with Crippen LogP contribution in [0, 0.1) is 0 Å². The van der Waals surface area contributed by atoms with Crippen LogP contribution in [-0.4, -0.2) is 41.1 Å². The minimum atomic E-state index is -4.17. The van der Waals surface area contributed by atoms with Gasteiger partial charge in [-0.25, -0.2) is 13.2 Å². The Bertz CT molecular complexity index is 1250. The lowest BCUT2D eigenvalue weighted by Gasteiger charge is -2.25. The number of nitrogens with zero attached hydrogens (tertiary/aromatic N) is 1. The maximum atomic E-state index is 13.6. The van der Waals surface area contributed by atoms with Crippen LogP contribution in [0.4, 0.5) is 11.4 Å². The summed E-state index contributed by atoms with van der Waals surface area (Å²) in [6.45, 7) is -0.485. The Hall–Kier alpha value is -3.37. The Morgan fingerprint density at radius 2 is 1.64 bits per heavy atom. The van der Waals surface area contributed by atoms with Crippen molar-refractivity contribution in [1.82, 2.24) is 0 Å². The minimum Gasteiger partial charge on any atom is -0.495 e. The van der Waals surface area contributed by atoms with Crippen LogP contribution >= 0.6 is 15.9 Å². The lowest BCUT2D eigenvalue weighted by molar-refractivity contribution is -0.114. The lowest BCUT2D eigenvalue weighted by atomic mass is 10.2. The molecule has 0 heterocycles. The first-order chi connectivity index (χ1) is 15.8. The molecule has 0 aliphatic carbocycles. The van der Waals surface area contributed by atoms with Crippen LogP contribution in [0.25, 0.3) is 0 Å². The summed E-state index contributed by atoms with van der Waals surface area (Å²) in [7, 11) is -1.52. The van der Waals surface area contributed by atoms with E-state index in [-0.39, 0.29) is 10.6 Å². The molecule has 1 amide bonds. The number of halogens is 1. The van der Waals surface area contributed by atoms with E-state index in [1.54, 1.807) is 36.4 Å². The number of carbonyl (C=O) groups is 2. The van der Waals surface area contributed by atoms with Crippen molar-refractivity contribution in [3.63, 3.8) is 0 Å². The first-order valence-corrected chi connectivity index (χ1v) is 11.9. The van der Waals surface area contributed by atoms with Crippen LogP contribution in [0.1, 0.15) is 10.4 Å². The van der Waals surface area contributed by atoms with Crippen molar-refractivity contribution in [2.45, 2.75) is 4.90 Å². The predicted molar refractivity (Wildman–Crippen MR) is 128 cm³/mol. The topological polar surface area (TPSA) is 102 Å². The second kappa shape index (κ2) is 10.5. The van der Waals surface area contributed by atoms with Crippen LogP contribution in [0.15, 0.2) is 82.2 Å². The molecule has 3 rings (SSSR count). The summed E-state index contributed by atoms with van der Waals surface area (Å²) in [5.41, 5.74) is 1.04. The Balaban J connectivity index is 1.92. The number of amides is 1. The molecule has 0 radical (unpaired) electrons. The summed E-state index contributed by atoms with van der Waals surface area (Å²) in [6.07, 6.45) is 0. The van der Waals surface area contributed by atoms with E-state index in [0.717, 1.165) is 4.31 Å². The molecule has 10 heteroatoms. The fraction of sp³-hybridized carbons (Fsp3) is 0.130. The third kappa shape index (κ3) is 5.71. The predicted octanol–water partition coefficient (Wildman–Crippen LogP) is 4.08. The zero-order chi connectivity index (χ0) is 24.0. The monoisotopic (exact) mass is 532 g/mol. The number of benzene rings is 3. The van der Waals surface area contributed by atoms with Gasteiger partial charge in [-0.15, -0.1) is 0 Å². The van der Waals surface area contributed by atoms with E-state index >= 15 is 0 Å². The molecular weight excluding hydrogens is 512 g/mol. The van der Waals surface area contributed by atoms with Crippen LogP contribution in [0.5, 0.6) is 5.75 Å². The maximum Gasteiger partial charge on any atom is 0.337 e. The summed E-state index contributed by atoms with van der Waals surface area (Å²) >= 11 is 3.29. The van der Waals surface area contributed by atoms with Gasteiger partial charge in [0, 0.05) is 10.2 Å². The van der Waals surface area contributed by atoms with Crippen molar-refractivity contribution in [3.8, 4) is 5.75 Å². The molecule has 0 aliphatic heterocycles. The number of anilines is 2. The molecule has 0 saturated carbocycles. The SMILES string of the molecule is COC(=O)c1ccc(NC(=O)CN(c2ccccc2)S(=O)(=O)c2cc(Br)ccc2OC)cc1. The molecule has 33 heavy (non-hydrogen) atoms. The standard InChI is InChI=1S/C23H21BrN2O6S/c1-31-20-13-10-17(24)14-21(20)33(29,30)26(19-6-4-3-5-7-19)15-22(27)25-18-11-8-16(9-12-18)23(28)32-2/h3-14H,15H2,1-2H3,(H,25,27). The summed E-state index contributed by atoms with van der Waals surface area (Å²) in [5, 5.41) is 2.65. The first kappa shape index (κ1) is 24.3. The molecule has 0 aliphatic rings. The van der Waals surface area contributed by atoms with Gasteiger partial charge in [0.05, 0.1) is 25.5 Å². The van der Waals surface area contributed by atoms with Gasteiger partial charge in [-0.1, -0.05) is 34.1 Å². The van der Waals surface area contributed by atoms with Gasteiger partial charge >= 0.3 is 5.97 Å². The molecule has 3 aromatic rings. The number of ether oxygens (including phenoxy) is 2. The van der Waals surface area contributed by atoms with Gasteiger partial charge in [0.1, 0.15) is 17.2 Å². The number of methoxy groups -OCH3 is 2. The highest BCUT2D eigenvalue weighted by Crippen LogP contribution is 2.32. The fourth-order valence-corrected chi connectivity index (χ4v) is 5.14. The van der Waals surface area contributed by atoms with Gasteiger partial charge in [0.25, 0.3) is 10.0 Å². The number of esters is 1. The molecule has 172 valence electrons. The minimum absolute atomic E-state index is 0.0848. The van der Waals surface area contributed by atoms with Crippen molar-refractivity contribution in [2.75, 3.05) is 30.4 Å². The van der Waals surface area contributed by atoms with Crippen LogP contribution < -0.4 is 14.4 Å². The molecule has 0 spiro atoms. The number of carbonyl (C=O) groups excluding carboxylic acids is 2. The van der Waals surface area contributed by atoms with Gasteiger partial charge in [0.15, 0.2) is 0 Å². The highest BCUT2D eigenvalue weighted by atomic mass is 79.9. The van der Waals surface area contributed by atoms with E-state index in [4.69, 9.17) is 4.74 Å². The number of para-hydroxylation sites is 1. The average molecular weight is 533 g/mol. The quantitative estimate of drug-likeness (QED) is 0.438. The number of rotatable bonds is 8. The Labute approximate surface area is 200 Å². The number of sulfonamides is 1. The zero-order valence-corrected chi connectivity index (χ0v) is 20.2. The highest BCUT2D eigenvalue weighted by Gasteiger charge is 2.30. The zero-order valence-electron chi connectivity index (χ0n) is 17.8. The fourth-order valence-electron chi connectivity index (χ4n) is 3.02. The van der Waals surface area contributed by atoms with Crippen LogP contribution in [0.3, 0.4) is 0 Å². The van der Waals surface area contributed by atoms with Crippen molar-refractivity contribution >= 4 is 49.2 Å². The summed E-state index contributed by atoms with van der Waals surface area (Å²) in [5.74, 6) is -0.919. The molecule has 0 unspecified atom stereocenters. The summed E-state index contributed by atoms with van der Waals surface area (Å²) < 4.78 is 38.7. The molecule has 3 aromatic carbocycles. The van der Waals surface area contributed by atoms with Gasteiger partial charge in [0.2, 0.25) is 5.91 Å². The van der Waals surface area contributed by atoms with Crippen molar-refractivity contribution in [3.05, 3.63) is 82.8 Å². The van der Waals surface area contributed by atoms with E-state index in [1.807, 2.05) is 0 Å². The van der Waals surface area contributed by atoms with E-state index < -0.39 is 28.4 Å². The van der Waals surface area contributed by atoms with E-state index in [0.29, 0.717) is 21.4 Å². The number of nitrogens with one attached hydrogen (secondary N) is 1. The summed E-state index contributed by atoms with van der Waals surface area (Å²) in [6, 6.07) is 19.0. The normalized spacial score (nSPS) is 10.9. The third-order valence-corrected chi connectivity index (χ3v) is 6.90. The molecule has 0 atom stereocenters. The number of hydrogen-bond donors (Lipinski definition) is 1. The highest BCUT2D eigenvalue weighted by molar-refractivity contribution is 9.10. The van der Waals surface area contributed by atoms with E-state index in [1.165, 1.54) is 50.6 Å². The lowest BCUT2D eigenvalue weighted by Crippen LogP contribution is -2.38. The van der Waals surface area contributed by atoms with E-state index in [2.05, 4.69) is 26.0 Å². The Kier molecular flexibility index (Phi) is 7.72. The summed E-state index contributed by atoms with van der Waals surface area (Å²) in [4.78, 5) is 24.3. The molecule has 0 saturated heterocycles. The first-order valence-electron chi connectivity index (χ1n) is 9.66. The number of hydrogen-bond acceptors (Lipinski definition) is 6. The second-order valence-corrected chi connectivity index (χ2v) is 9.51. The smallest absolute Gasteiger partial charge is 0.337 e. The largest absolute Gasteiger partial charge is 0.495 e. The van der Waals surface area contributed by atoms with Crippen molar-refractivity contribution in [2.24, 2.45) is 0 Å². The molecule has 0 aromatic heterocycles. The van der Waals surface area contributed by atoms with Gasteiger partial charge in [-0.3, -0.25) is 9.10 Å². The van der Waals surface area contributed by atoms with Crippen molar-refractivity contribution in [1.29, 1.82) is 0 Å². The molecule has 0 bridgehead atoms. The molecular formula is C23H21BrN2O6S. The van der Waals surface area contributed by atoms with Crippen LogP contribution in [0.2, 0.25) is 0 Å². The average Bonchev–Trinajstić information content (AvgIpc) is 2.83. The van der Waals surface area contributed by atoms with Gasteiger partial charge in [-0.05, 0) is 54.6 Å². The van der Waals surface area contributed by atoms with E-state index in [9.17, 15) is 18.0 Å². The Morgan fingerprint density at radius 1 is 0.970 bits per heavy atom. The van der Waals surface area contributed by atoms with Crippen LogP contribution in [-0.2, 0) is 19.6 Å². The van der Waals surface area contributed by atoms with Gasteiger partial charge in [-0.2, -0.15) is 0 Å². The maximum absolute atomic E-state index is 13.6. The molecule has 8 nitrogen and oxygen atoms in total. The Morgan fingerprint density at radius 3 is 2.24 bits per heavy atom. The van der Waals surface area contributed by atoms with Gasteiger partial charge < -0.3 is 14.8 Å². The second-order valence-electron chi connectivity index (χ2n) is 6.76.